The molecule has 2 heterocycles. The van der Waals surface area contributed by atoms with Gasteiger partial charge in [0.05, 0.1) is 11.5 Å². The summed E-state index contributed by atoms with van der Waals surface area (Å²) in [6.07, 6.45) is 4.66. The van der Waals surface area contributed by atoms with Crippen molar-refractivity contribution in [2.45, 2.75) is 6.54 Å². The number of nitrogens with zero attached hydrogens (tertiary/aromatic N) is 6. The van der Waals surface area contributed by atoms with E-state index in [9.17, 15) is 10.1 Å². The predicted octanol–water partition coefficient (Wildman–Crippen LogP) is 0.337. The Morgan fingerprint density at radius 1 is 1.47 bits per heavy atom. The van der Waals surface area contributed by atoms with E-state index in [0.29, 0.717) is 6.54 Å². The van der Waals surface area contributed by atoms with Crippen LogP contribution < -0.4 is 10.6 Å². The van der Waals surface area contributed by atoms with Crippen LogP contribution in [0.15, 0.2) is 18.7 Å². The number of imidazole rings is 1. The first-order valence-electron chi connectivity index (χ1n) is 5.43. The molecular weight excluding hydrogens is 250 g/mol. The van der Waals surface area contributed by atoms with Gasteiger partial charge in [-0.15, -0.1) is 0 Å². The number of hydrogen-bond donors (Lipinski definition) is 1. The molecule has 0 saturated carbocycles. The molecule has 2 N–H and O–H groups in total. The average Bonchev–Trinajstić information content (AvgIpc) is 2.74. The molecule has 0 radical (unpaired) electrons. The number of nitrogens with two attached hydrogens (primary N) is 1. The van der Waals surface area contributed by atoms with Crippen LogP contribution in [0.25, 0.3) is 0 Å². The van der Waals surface area contributed by atoms with E-state index in [-0.39, 0.29) is 17.3 Å². The lowest BCUT2D eigenvalue weighted by Crippen LogP contribution is -2.22. The van der Waals surface area contributed by atoms with Gasteiger partial charge in [0.25, 0.3) is 0 Å². The Hall–Kier alpha value is -2.71. The monoisotopic (exact) mass is 263 g/mol. The maximum absolute atomic E-state index is 11.0. The fourth-order valence-corrected chi connectivity index (χ4v) is 1.67. The highest BCUT2D eigenvalue weighted by Crippen LogP contribution is 2.29. The summed E-state index contributed by atoms with van der Waals surface area (Å²) in [4.78, 5) is 23.8. The van der Waals surface area contributed by atoms with Crippen LogP contribution in [0.3, 0.4) is 0 Å². The fraction of sp³-hybridized carbons (Fsp3) is 0.300. The molecule has 9 heteroatoms. The van der Waals surface area contributed by atoms with E-state index in [2.05, 4.69) is 15.0 Å². The molecule has 9 nitrogen and oxygen atoms in total. The second-order valence-electron chi connectivity index (χ2n) is 4.00. The van der Waals surface area contributed by atoms with Gasteiger partial charge in [-0.05, 0) is 0 Å². The van der Waals surface area contributed by atoms with E-state index in [4.69, 9.17) is 5.73 Å². The van der Waals surface area contributed by atoms with Gasteiger partial charge in [-0.3, -0.25) is 10.1 Å². The number of anilines is 2. The van der Waals surface area contributed by atoms with E-state index in [0.717, 1.165) is 5.82 Å². The van der Waals surface area contributed by atoms with E-state index in [1.165, 1.54) is 6.33 Å². The third kappa shape index (κ3) is 2.44. The van der Waals surface area contributed by atoms with Crippen molar-refractivity contribution in [2.24, 2.45) is 7.05 Å². The molecule has 19 heavy (non-hydrogen) atoms. The molecule has 0 bridgehead atoms. The highest BCUT2D eigenvalue weighted by atomic mass is 16.6. The van der Waals surface area contributed by atoms with Crippen LogP contribution in [-0.2, 0) is 13.6 Å². The van der Waals surface area contributed by atoms with Crippen molar-refractivity contribution in [1.29, 1.82) is 0 Å². The molecule has 2 aromatic heterocycles. The molecule has 0 fully saturated rings. The second-order valence-corrected chi connectivity index (χ2v) is 4.00. The van der Waals surface area contributed by atoms with Gasteiger partial charge in [0.1, 0.15) is 12.2 Å². The van der Waals surface area contributed by atoms with E-state index in [1.54, 1.807) is 24.3 Å². The standard InChI is InChI=1S/C10H13N7O2/c1-15-4-3-12-7(15)5-16(2)10-8(17(18)19)9(11)13-6-14-10/h3-4,6H,5H2,1-2H3,(H2,11,13,14). The van der Waals surface area contributed by atoms with E-state index >= 15 is 0 Å². The van der Waals surface area contributed by atoms with Gasteiger partial charge in [0.15, 0.2) is 0 Å². The molecule has 2 aromatic rings. The lowest BCUT2D eigenvalue weighted by Gasteiger charge is -2.17. The summed E-state index contributed by atoms with van der Waals surface area (Å²) in [6, 6.07) is 0. The van der Waals surface area contributed by atoms with Crippen LogP contribution >= 0.6 is 0 Å². The van der Waals surface area contributed by atoms with Crippen LogP contribution in [0.1, 0.15) is 5.82 Å². The maximum Gasteiger partial charge on any atom is 0.353 e. The van der Waals surface area contributed by atoms with Gasteiger partial charge in [0.2, 0.25) is 11.6 Å². The first-order chi connectivity index (χ1) is 9.00. The minimum atomic E-state index is -0.584. The van der Waals surface area contributed by atoms with Gasteiger partial charge < -0.3 is 15.2 Å². The minimum Gasteiger partial charge on any atom is -0.378 e. The van der Waals surface area contributed by atoms with Crippen LogP contribution in [0, 0.1) is 10.1 Å². The first kappa shape index (κ1) is 12.7. The number of nitro groups is 1. The predicted molar refractivity (Wildman–Crippen MR) is 68.4 cm³/mol. The molecule has 0 aliphatic rings. The van der Waals surface area contributed by atoms with Crippen molar-refractivity contribution in [3.8, 4) is 0 Å². The second kappa shape index (κ2) is 4.88. The van der Waals surface area contributed by atoms with E-state index in [1.807, 2.05) is 11.6 Å². The Bertz CT molecular complexity index is 610. The van der Waals surface area contributed by atoms with Gasteiger partial charge in [-0.25, -0.2) is 15.0 Å². The molecular formula is C10H13N7O2. The average molecular weight is 263 g/mol. The summed E-state index contributed by atoms with van der Waals surface area (Å²) in [5.41, 5.74) is 5.23. The molecule has 0 atom stereocenters. The van der Waals surface area contributed by atoms with Gasteiger partial charge >= 0.3 is 5.69 Å². The third-order valence-electron chi connectivity index (χ3n) is 2.67. The molecule has 0 aromatic carbocycles. The van der Waals surface area contributed by atoms with Crippen molar-refractivity contribution in [3.05, 3.63) is 34.7 Å². The minimum absolute atomic E-state index is 0.151. The molecule has 2 rings (SSSR count). The van der Waals surface area contributed by atoms with Crippen molar-refractivity contribution < 1.29 is 4.92 Å². The number of aryl methyl sites for hydroxylation is 1. The zero-order valence-corrected chi connectivity index (χ0v) is 10.5. The lowest BCUT2D eigenvalue weighted by molar-refractivity contribution is -0.383. The Morgan fingerprint density at radius 3 is 2.79 bits per heavy atom. The molecule has 0 saturated heterocycles. The maximum atomic E-state index is 11.0. The number of nitrogen functional groups attached to an aromatic ring is 1. The van der Waals surface area contributed by atoms with Gasteiger partial charge in [-0.1, -0.05) is 0 Å². The molecule has 0 amide bonds. The Balaban J connectivity index is 2.34. The molecule has 0 spiro atoms. The van der Waals surface area contributed by atoms with Crippen LogP contribution in [0.4, 0.5) is 17.3 Å². The van der Waals surface area contributed by atoms with Crippen molar-refractivity contribution in [1.82, 2.24) is 19.5 Å². The normalized spacial score (nSPS) is 10.4. The molecule has 0 aliphatic carbocycles. The van der Waals surface area contributed by atoms with Crippen molar-refractivity contribution in [2.75, 3.05) is 17.7 Å². The molecule has 0 unspecified atom stereocenters. The first-order valence-corrected chi connectivity index (χ1v) is 5.43. The molecule has 100 valence electrons. The SMILES string of the molecule is CN(Cc1nccn1C)c1ncnc(N)c1[N+](=O)[O-]. The number of rotatable bonds is 4. The Morgan fingerprint density at radius 2 is 2.21 bits per heavy atom. The quantitative estimate of drug-likeness (QED) is 0.624. The van der Waals surface area contributed by atoms with Gasteiger partial charge in [-0.2, -0.15) is 0 Å². The third-order valence-corrected chi connectivity index (χ3v) is 2.67. The van der Waals surface area contributed by atoms with Crippen molar-refractivity contribution in [3.63, 3.8) is 0 Å². The summed E-state index contributed by atoms with van der Waals surface area (Å²) in [7, 11) is 3.53. The summed E-state index contributed by atoms with van der Waals surface area (Å²) in [6.45, 7) is 0.376. The number of hydrogen-bond acceptors (Lipinski definition) is 7. The number of aromatic nitrogens is 4. The molecule has 0 aliphatic heterocycles. The Kier molecular flexibility index (Phi) is 3.27. The summed E-state index contributed by atoms with van der Waals surface area (Å²) in [5.74, 6) is 0.774. The summed E-state index contributed by atoms with van der Waals surface area (Å²) in [5, 5.41) is 11.0. The lowest BCUT2D eigenvalue weighted by atomic mass is 10.4. The van der Waals surface area contributed by atoms with Crippen LogP contribution in [0.5, 0.6) is 0 Å². The summed E-state index contributed by atoms with van der Waals surface area (Å²) >= 11 is 0. The van der Waals surface area contributed by atoms with Crippen LogP contribution in [0.2, 0.25) is 0 Å². The topological polar surface area (TPSA) is 116 Å². The zero-order chi connectivity index (χ0) is 14.0. The highest BCUT2D eigenvalue weighted by Gasteiger charge is 2.24. The largest absolute Gasteiger partial charge is 0.378 e. The van der Waals surface area contributed by atoms with Gasteiger partial charge in [0, 0.05) is 26.5 Å². The zero-order valence-electron chi connectivity index (χ0n) is 10.5. The Labute approximate surface area is 108 Å². The highest BCUT2D eigenvalue weighted by molar-refractivity contribution is 5.67. The van der Waals surface area contributed by atoms with E-state index < -0.39 is 4.92 Å². The summed E-state index contributed by atoms with van der Waals surface area (Å²) < 4.78 is 1.83. The smallest absolute Gasteiger partial charge is 0.353 e. The van der Waals surface area contributed by atoms with Crippen molar-refractivity contribution >= 4 is 17.3 Å². The fourth-order valence-electron chi connectivity index (χ4n) is 1.67. The van der Waals surface area contributed by atoms with Crippen LogP contribution in [-0.4, -0.2) is 31.5 Å².